The van der Waals surface area contributed by atoms with E-state index in [1.807, 2.05) is 25.3 Å². The Hall–Kier alpha value is -0.710. The molecule has 0 aliphatic carbocycles. The predicted molar refractivity (Wildman–Crippen MR) is 82.9 cm³/mol. The summed E-state index contributed by atoms with van der Waals surface area (Å²) in [5.41, 5.74) is 0.578. The highest BCUT2D eigenvalue weighted by molar-refractivity contribution is 7.98. The van der Waals surface area contributed by atoms with Gasteiger partial charge in [0.15, 0.2) is 0 Å². The van der Waals surface area contributed by atoms with Gasteiger partial charge in [0, 0.05) is 18.3 Å². The van der Waals surface area contributed by atoms with Crippen LogP contribution in [0.1, 0.15) is 25.8 Å². The van der Waals surface area contributed by atoms with Gasteiger partial charge >= 0.3 is 0 Å². The molecule has 0 bridgehead atoms. The van der Waals surface area contributed by atoms with Crippen molar-refractivity contribution in [3.63, 3.8) is 0 Å². The summed E-state index contributed by atoms with van der Waals surface area (Å²) in [6.07, 6.45) is 3.99. The summed E-state index contributed by atoms with van der Waals surface area (Å²) in [7, 11) is 0. The van der Waals surface area contributed by atoms with Gasteiger partial charge in [-0.15, -0.1) is 0 Å². The molecule has 0 saturated heterocycles. The zero-order valence-electron chi connectivity index (χ0n) is 12.0. The smallest absolute Gasteiger partial charge is 0.115 e. The van der Waals surface area contributed by atoms with Crippen molar-refractivity contribution >= 4 is 11.8 Å². The highest BCUT2D eigenvalue weighted by Crippen LogP contribution is 2.13. The van der Waals surface area contributed by atoms with Gasteiger partial charge in [0.2, 0.25) is 0 Å². The molecule has 0 fully saturated rings. The van der Waals surface area contributed by atoms with E-state index >= 15 is 0 Å². The third kappa shape index (κ3) is 6.85. The molecular formula is C15H25NO2S. The number of aryl methyl sites for hydroxylation is 1. The summed E-state index contributed by atoms with van der Waals surface area (Å²) in [4.78, 5) is 0. The first kappa shape index (κ1) is 16.3. The predicted octanol–water partition coefficient (Wildman–Crippen LogP) is 2.42. The van der Waals surface area contributed by atoms with Crippen molar-refractivity contribution < 1.29 is 10.2 Å². The van der Waals surface area contributed by atoms with Crippen molar-refractivity contribution in [1.82, 2.24) is 5.32 Å². The number of hydrogen-bond donors (Lipinski definition) is 3. The molecule has 1 aromatic carbocycles. The van der Waals surface area contributed by atoms with Gasteiger partial charge in [-0.25, -0.2) is 0 Å². The van der Waals surface area contributed by atoms with Gasteiger partial charge in [0.1, 0.15) is 5.75 Å². The van der Waals surface area contributed by atoms with Gasteiger partial charge in [0.25, 0.3) is 0 Å². The van der Waals surface area contributed by atoms with Crippen LogP contribution in [0.5, 0.6) is 5.75 Å². The Morgan fingerprint density at radius 2 is 1.95 bits per heavy atom. The third-order valence-corrected chi connectivity index (χ3v) is 4.00. The minimum Gasteiger partial charge on any atom is -0.508 e. The van der Waals surface area contributed by atoms with Crippen LogP contribution in [-0.4, -0.2) is 40.4 Å². The van der Waals surface area contributed by atoms with E-state index in [-0.39, 0.29) is 0 Å². The van der Waals surface area contributed by atoms with Crippen molar-refractivity contribution in [2.24, 2.45) is 0 Å². The van der Waals surface area contributed by atoms with Crippen molar-refractivity contribution in [2.75, 3.05) is 18.6 Å². The number of rotatable bonds is 8. The molecular weight excluding hydrogens is 258 g/mol. The monoisotopic (exact) mass is 283 g/mol. The highest BCUT2D eigenvalue weighted by Gasteiger charge is 2.19. The standard InChI is InChI=1S/C15H25NO2S/c1-12(16-10-15(2,18)11-19-3)4-5-13-6-8-14(17)9-7-13/h6-9,12,16-18H,4-5,10-11H2,1-3H3. The topological polar surface area (TPSA) is 52.5 Å². The molecule has 1 aromatic rings. The lowest BCUT2D eigenvalue weighted by atomic mass is 10.0. The summed E-state index contributed by atoms with van der Waals surface area (Å²) < 4.78 is 0. The van der Waals surface area contributed by atoms with Gasteiger partial charge in [-0.2, -0.15) is 11.8 Å². The van der Waals surface area contributed by atoms with Crippen LogP contribution in [0.3, 0.4) is 0 Å². The minimum atomic E-state index is -0.647. The van der Waals surface area contributed by atoms with E-state index in [9.17, 15) is 10.2 Å². The number of phenols is 1. The number of benzene rings is 1. The van der Waals surface area contributed by atoms with Crippen LogP contribution in [0.4, 0.5) is 0 Å². The molecule has 3 N–H and O–H groups in total. The van der Waals surface area contributed by atoms with Gasteiger partial charge in [-0.3, -0.25) is 0 Å². The normalized spacial score (nSPS) is 16.0. The van der Waals surface area contributed by atoms with Gasteiger partial charge in [-0.1, -0.05) is 12.1 Å². The molecule has 0 aromatic heterocycles. The molecule has 19 heavy (non-hydrogen) atoms. The number of nitrogens with one attached hydrogen (secondary N) is 1. The molecule has 0 heterocycles. The molecule has 0 spiro atoms. The van der Waals surface area contributed by atoms with Crippen LogP contribution in [-0.2, 0) is 6.42 Å². The molecule has 3 nitrogen and oxygen atoms in total. The minimum absolute atomic E-state index is 0.308. The van der Waals surface area contributed by atoms with E-state index in [1.54, 1.807) is 23.9 Å². The molecule has 108 valence electrons. The van der Waals surface area contributed by atoms with Crippen LogP contribution < -0.4 is 5.32 Å². The summed E-state index contributed by atoms with van der Waals surface area (Å²) in [6.45, 7) is 4.61. The van der Waals surface area contributed by atoms with Gasteiger partial charge in [0.05, 0.1) is 5.60 Å². The van der Waals surface area contributed by atoms with E-state index in [2.05, 4.69) is 12.2 Å². The van der Waals surface area contributed by atoms with Crippen molar-refractivity contribution in [3.8, 4) is 5.75 Å². The Balaban J connectivity index is 2.28. The summed E-state index contributed by atoms with van der Waals surface area (Å²) >= 11 is 1.66. The molecule has 0 radical (unpaired) electrons. The number of aromatic hydroxyl groups is 1. The fourth-order valence-corrected chi connectivity index (χ4v) is 2.63. The second-order valence-corrected chi connectivity index (χ2v) is 6.28. The van der Waals surface area contributed by atoms with Crippen LogP contribution >= 0.6 is 11.8 Å². The van der Waals surface area contributed by atoms with Crippen LogP contribution in [0.15, 0.2) is 24.3 Å². The maximum absolute atomic E-state index is 10.1. The van der Waals surface area contributed by atoms with Crippen LogP contribution in [0.25, 0.3) is 0 Å². The van der Waals surface area contributed by atoms with Crippen LogP contribution in [0.2, 0.25) is 0 Å². The van der Waals surface area contributed by atoms with Crippen molar-refractivity contribution in [2.45, 2.75) is 38.3 Å². The Bertz CT molecular complexity index is 365. The van der Waals surface area contributed by atoms with Crippen LogP contribution in [0, 0.1) is 0 Å². The molecule has 0 amide bonds. The lowest BCUT2D eigenvalue weighted by molar-refractivity contribution is 0.0817. The lowest BCUT2D eigenvalue weighted by Gasteiger charge is -2.25. The second-order valence-electron chi connectivity index (χ2n) is 5.42. The van der Waals surface area contributed by atoms with E-state index in [0.717, 1.165) is 18.6 Å². The maximum atomic E-state index is 10.1. The molecule has 0 aliphatic rings. The zero-order valence-corrected chi connectivity index (χ0v) is 12.8. The summed E-state index contributed by atoms with van der Waals surface area (Å²) in [5.74, 6) is 1.05. The molecule has 0 saturated carbocycles. The molecule has 4 heteroatoms. The van der Waals surface area contributed by atoms with Crippen molar-refractivity contribution in [3.05, 3.63) is 29.8 Å². The SMILES string of the molecule is CSCC(C)(O)CNC(C)CCc1ccc(O)cc1. The average Bonchev–Trinajstić information content (AvgIpc) is 2.36. The lowest BCUT2D eigenvalue weighted by Crippen LogP contribution is -2.43. The Kier molecular flexibility index (Phi) is 6.69. The molecule has 0 aliphatic heterocycles. The van der Waals surface area contributed by atoms with E-state index in [0.29, 0.717) is 18.3 Å². The van der Waals surface area contributed by atoms with E-state index in [4.69, 9.17) is 0 Å². The number of hydrogen-bond acceptors (Lipinski definition) is 4. The Labute approximate surface area is 120 Å². The largest absolute Gasteiger partial charge is 0.508 e. The number of aliphatic hydroxyl groups is 1. The average molecular weight is 283 g/mol. The molecule has 2 unspecified atom stereocenters. The van der Waals surface area contributed by atoms with E-state index < -0.39 is 5.60 Å². The first-order valence-electron chi connectivity index (χ1n) is 6.65. The third-order valence-electron chi connectivity index (χ3n) is 3.09. The first-order valence-corrected chi connectivity index (χ1v) is 8.05. The van der Waals surface area contributed by atoms with Crippen molar-refractivity contribution in [1.29, 1.82) is 0 Å². The summed E-state index contributed by atoms with van der Waals surface area (Å²) in [5, 5.41) is 22.7. The van der Waals surface area contributed by atoms with Gasteiger partial charge in [-0.05, 0) is 50.6 Å². The second kappa shape index (κ2) is 7.78. The maximum Gasteiger partial charge on any atom is 0.115 e. The fraction of sp³-hybridized carbons (Fsp3) is 0.600. The Morgan fingerprint density at radius 1 is 1.32 bits per heavy atom. The fourth-order valence-electron chi connectivity index (χ4n) is 1.90. The number of phenolic OH excluding ortho intramolecular Hbond substituents is 1. The zero-order chi connectivity index (χ0) is 14.3. The summed E-state index contributed by atoms with van der Waals surface area (Å²) in [6, 6.07) is 7.70. The molecule has 1 rings (SSSR count). The molecule has 2 atom stereocenters. The van der Waals surface area contributed by atoms with Gasteiger partial charge < -0.3 is 15.5 Å². The number of thioether (sulfide) groups is 1. The highest BCUT2D eigenvalue weighted by atomic mass is 32.2. The van der Waals surface area contributed by atoms with E-state index in [1.165, 1.54) is 5.56 Å². The quantitative estimate of drug-likeness (QED) is 0.686. The Morgan fingerprint density at radius 3 is 2.53 bits per heavy atom. The first-order chi connectivity index (χ1) is 8.93.